The molecule has 0 bridgehead atoms. The summed E-state index contributed by atoms with van der Waals surface area (Å²) in [6, 6.07) is 0. The van der Waals surface area contributed by atoms with Crippen molar-refractivity contribution >= 4 is 47.6 Å². The Morgan fingerprint density at radius 2 is 0.857 bits per heavy atom. The molecule has 0 fully saturated rings. The van der Waals surface area contributed by atoms with Crippen molar-refractivity contribution in [3.05, 3.63) is 33.4 Å². The number of halogens is 2. The van der Waals surface area contributed by atoms with Gasteiger partial charge in [0.25, 0.3) is 0 Å². The van der Waals surface area contributed by atoms with E-state index in [-0.39, 0.29) is 0 Å². The zero-order valence-corrected chi connectivity index (χ0v) is 21.4. The fourth-order valence-electron chi connectivity index (χ4n) is 1.91. The zero-order valence-electron chi connectivity index (χ0n) is 14.4. The third-order valence-electron chi connectivity index (χ3n) is 4.11. The van der Waals surface area contributed by atoms with Crippen LogP contribution in [0.2, 0.25) is 0 Å². The summed E-state index contributed by atoms with van der Waals surface area (Å²) in [5.41, 5.74) is 8.73. The van der Waals surface area contributed by atoms with Crippen molar-refractivity contribution in [3.63, 3.8) is 0 Å². The molecule has 0 aliphatic carbocycles. The molecule has 0 saturated carbocycles. The molecular weight excluding hydrogens is 594 g/mol. The predicted octanol–water partition coefficient (Wildman–Crippen LogP) is 6.72. The van der Waals surface area contributed by atoms with Gasteiger partial charge in [-0.05, 0) is 87.2 Å². The van der Waals surface area contributed by atoms with Gasteiger partial charge >= 0.3 is 49.6 Å². The van der Waals surface area contributed by atoms with E-state index in [0.717, 1.165) is 12.3 Å². The summed E-state index contributed by atoms with van der Waals surface area (Å²) in [6.07, 6.45) is 1.90. The molecule has 0 unspecified atom stereocenters. The van der Waals surface area contributed by atoms with E-state index in [1.165, 1.54) is 33.4 Å². The van der Waals surface area contributed by atoms with E-state index in [2.05, 4.69) is 81.0 Å². The third kappa shape index (κ3) is 9.54. The summed E-state index contributed by atoms with van der Waals surface area (Å²) < 4.78 is 0. The number of hydrogen-bond donors (Lipinski definition) is 1. The van der Waals surface area contributed by atoms with Crippen LogP contribution in [-0.2, 0) is 10.1 Å². The molecule has 0 spiro atoms. The summed E-state index contributed by atoms with van der Waals surface area (Å²) in [4.78, 5) is 8.73. The van der Waals surface area contributed by atoms with E-state index in [0.29, 0.717) is 10.1 Å². The van der Waals surface area contributed by atoms with Gasteiger partial charge in [0.15, 0.2) is 0 Å². The monoisotopic (exact) mass is 624 g/mol. The van der Waals surface area contributed by atoms with Crippen molar-refractivity contribution in [2.75, 3.05) is 12.3 Å². The van der Waals surface area contributed by atoms with E-state index in [9.17, 15) is 0 Å². The van der Waals surface area contributed by atoms with Crippen LogP contribution in [0.3, 0.4) is 0 Å². The predicted molar refractivity (Wildman–Crippen MR) is 113 cm³/mol. The van der Waals surface area contributed by atoms with Gasteiger partial charge in [-0.15, -0.1) is 0 Å². The van der Waals surface area contributed by atoms with Crippen molar-refractivity contribution < 1.29 is 15.0 Å². The molecule has 0 aliphatic heterocycles. The second-order valence-corrected chi connectivity index (χ2v) is 20.6. The van der Waals surface area contributed by atoms with Crippen LogP contribution >= 0.6 is 47.6 Å². The Bertz CT molecular complexity index is 316. The van der Waals surface area contributed by atoms with Gasteiger partial charge < -0.3 is 4.89 Å². The van der Waals surface area contributed by atoms with Crippen LogP contribution in [-0.4, -0.2) is 17.2 Å². The molecule has 1 nitrogen and oxygen atoms in total. The molecule has 1 rings (SSSR count). The Hall–Kier alpha value is 1.69. The van der Waals surface area contributed by atoms with Gasteiger partial charge in [-0.1, -0.05) is 13.8 Å². The second kappa shape index (κ2) is 14.1. The van der Waals surface area contributed by atoms with Crippen LogP contribution in [0.15, 0.2) is 0 Å². The Morgan fingerprint density at radius 1 is 0.714 bits per heavy atom. The van der Waals surface area contributed by atoms with E-state index in [1.54, 1.807) is 0 Å². The van der Waals surface area contributed by atoms with Crippen molar-refractivity contribution in [1.29, 1.82) is 0 Å². The van der Waals surface area contributed by atoms with Gasteiger partial charge in [0, 0.05) is 8.15 Å². The Kier molecular flexibility index (Phi) is 16.7. The van der Waals surface area contributed by atoms with Crippen LogP contribution in [0.25, 0.3) is 0 Å². The molecule has 0 saturated heterocycles. The standard InChI is InChI=1S/C12H18.C4H11OP.2HI.Ru/c1-7-8(2)10(4)12(6)11(5)9(7)3;1-3-6(5)4-2;;;/h1-6H3;5H,3-4H2,1-2H3;2*1H;/q;;;;+2/p-2. The Labute approximate surface area is 162 Å². The summed E-state index contributed by atoms with van der Waals surface area (Å²) in [5, 5.41) is 0. The fourth-order valence-corrected chi connectivity index (χ4v) is 2.36. The third-order valence-corrected chi connectivity index (χ3v) is 5.57. The molecule has 21 heavy (non-hydrogen) atoms. The van der Waals surface area contributed by atoms with Crippen molar-refractivity contribution in [1.82, 2.24) is 0 Å². The first-order chi connectivity index (χ1) is 9.69. The molecule has 0 atom stereocenters. The van der Waals surface area contributed by atoms with E-state index < -0.39 is 8.15 Å². The minimum atomic E-state index is -0.576. The molecule has 1 aromatic rings. The van der Waals surface area contributed by atoms with Gasteiger partial charge in [0.05, 0.1) is 0 Å². The summed E-state index contributed by atoms with van der Waals surface area (Å²) >= 11 is 4.73. The van der Waals surface area contributed by atoms with Gasteiger partial charge in [-0.3, -0.25) is 0 Å². The number of hydrogen-bond acceptors (Lipinski definition) is 1. The molecule has 1 aromatic carbocycles. The second-order valence-electron chi connectivity index (χ2n) is 4.94. The molecule has 126 valence electrons. The van der Waals surface area contributed by atoms with E-state index in [1.807, 2.05) is 13.8 Å². The Balaban J connectivity index is 0. The van der Waals surface area contributed by atoms with E-state index in [4.69, 9.17) is 4.89 Å². The first-order valence-electron chi connectivity index (χ1n) is 7.01. The molecule has 1 N–H and O–H groups in total. The summed E-state index contributed by atoms with van der Waals surface area (Å²) in [5.74, 6) is 0. The van der Waals surface area contributed by atoms with Gasteiger partial charge in [-0.2, -0.15) is 0 Å². The topological polar surface area (TPSA) is 20.2 Å². The van der Waals surface area contributed by atoms with Gasteiger partial charge in [0.2, 0.25) is 0 Å². The van der Waals surface area contributed by atoms with Crippen LogP contribution < -0.4 is 0 Å². The minimum absolute atomic E-state index is 0.576. The summed E-state index contributed by atoms with van der Waals surface area (Å²) in [6.45, 7) is 17.3. The molecule has 0 amide bonds. The quantitative estimate of drug-likeness (QED) is 0.221. The van der Waals surface area contributed by atoms with Crippen molar-refractivity contribution in [3.8, 4) is 0 Å². The van der Waals surface area contributed by atoms with E-state index >= 15 is 0 Å². The zero-order chi connectivity index (χ0) is 17.2. The Morgan fingerprint density at radius 3 is 0.905 bits per heavy atom. The molecule has 0 radical (unpaired) electrons. The van der Waals surface area contributed by atoms with Crippen LogP contribution in [0, 0.1) is 41.5 Å². The molecule has 5 heteroatoms. The maximum absolute atomic E-state index is 8.73. The average Bonchev–Trinajstić information content (AvgIpc) is 2.49. The SMILES string of the molecule is CCP(O)CC.Cc1c(C)c(C)c(C)c(C)c1C.[I][Ru][I]. The normalized spacial score (nSPS) is 9.90. The van der Waals surface area contributed by atoms with Gasteiger partial charge in [-0.25, -0.2) is 0 Å². The van der Waals surface area contributed by atoms with Gasteiger partial charge in [0.1, 0.15) is 0 Å². The maximum atomic E-state index is 8.73. The molecular formula is C16H29I2OPRu. The van der Waals surface area contributed by atoms with Crippen LogP contribution in [0.1, 0.15) is 47.2 Å². The molecule has 0 heterocycles. The molecule has 0 aromatic heterocycles. The first-order valence-corrected chi connectivity index (χ1v) is 19.0. The first kappa shape index (κ1) is 24.9. The number of benzene rings is 1. The molecule has 0 aliphatic rings. The van der Waals surface area contributed by atoms with Crippen molar-refractivity contribution in [2.45, 2.75) is 55.4 Å². The fraction of sp³-hybridized carbons (Fsp3) is 0.625. The van der Waals surface area contributed by atoms with Crippen LogP contribution in [0.4, 0.5) is 0 Å². The summed E-state index contributed by atoms with van der Waals surface area (Å²) in [7, 11) is 0.0739. The van der Waals surface area contributed by atoms with Crippen molar-refractivity contribution in [2.24, 2.45) is 0 Å². The number of rotatable bonds is 2. The average molecular weight is 623 g/mol. The van der Waals surface area contributed by atoms with Crippen LogP contribution in [0.5, 0.6) is 0 Å².